The molecule has 1 rings (SSSR count). The topological polar surface area (TPSA) is 49.7 Å². The van der Waals surface area contributed by atoms with Crippen molar-refractivity contribution in [1.82, 2.24) is 0 Å². The van der Waals surface area contributed by atoms with Crippen molar-refractivity contribution in [2.24, 2.45) is 0 Å². The minimum atomic E-state index is -3.24. The van der Waals surface area contributed by atoms with Gasteiger partial charge in [-0.05, 0) is 6.92 Å². The van der Waals surface area contributed by atoms with Crippen LogP contribution in [-0.2, 0) is 4.74 Å². The van der Waals surface area contributed by atoms with Gasteiger partial charge in [0.1, 0.15) is 18.3 Å². The molecule has 0 bridgehead atoms. The maximum atomic E-state index is 12.7. The van der Waals surface area contributed by atoms with Gasteiger partial charge in [0.05, 0.1) is 6.61 Å². The molecule has 0 radical (unpaired) electrons. The fraction of sp³-hybridized carbons (Fsp3) is 1.00. The summed E-state index contributed by atoms with van der Waals surface area (Å²) in [5, 5.41) is 17.3. The standard InChI is InChI=1S/C6H10F2O3/c1-3-6(7,8)5(10)4(2-9)11-3/h3-5,9-10H,2H2,1H3. The van der Waals surface area contributed by atoms with Gasteiger partial charge in [-0.15, -0.1) is 0 Å². The molecule has 3 nitrogen and oxygen atoms in total. The van der Waals surface area contributed by atoms with Crippen LogP contribution < -0.4 is 0 Å². The highest BCUT2D eigenvalue weighted by molar-refractivity contribution is 4.94. The first kappa shape index (κ1) is 8.83. The maximum Gasteiger partial charge on any atom is 0.301 e. The molecular weight excluding hydrogens is 158 g/mol. The van der Waals surface area contributed by atoms with Crippen LogP contribution in [0.2, 0.25) is 0 Å². The molecule has 0 amide bonds. The second-order valence-electron chi connectivity index (χ2n) is 2.62. The lowest BCUT2D eigenvalue weighted by Gasteiger charge is -2.15. The third-order valence-electron chi connectivity index (χ3n) is 1.85. The normalized spacial score (nSPS) is 42.8. The minimum Gasteiger partial charge on any atom is -0.394 e. The Kier molecular flexibility index (Phi) is 2.13. The molecule has 1 fully saturated rings. The quantitative estimate of drug-likeness (QED) is 0.568. The van der Waals surface area contributed by atoms with Gasteiger partial charge in [-0.25, -0.2) is 8.78 Å². The molecule has 3 atom stereocenters. The van der Waals surface area contributed by atoms with E-state index in [1.807, 2.05) is 0 Å². The first-order valence-corrected chi connectivity index (χ1v) is 3.32. The van der Waals surface area contributed by atoms with Crippen molar-refractivity contribution in [1.29, 1.82) is 0 Å². The molecule has 11 heavy (non-hydrogen) atoms. The van der Waals surface area contributed by atoms with Gasteiger partial charge in [0.2, 0.25) is 0 Å². The molecule has 66 valence electrons. The Morgan fingerprint density at radius 1 is 1.55 bits per heavy atom. The average molecular weight is 168 g/mol. The van der Waals surface area contributed by atoms with E-state index in [9.17, 15) is 8.78 Å². The van der Waals surface area contributed by atoms with E-state index in [0.29, 0.717) is 0 Å². The lowest BCUT2D eigenvalue weighted by atomic mass is 10.1. The summed E-state index contributed by atoms with van der Waals surface area (Å²) < 4.78 is 30.0. The summed E-state index contributed by atoms with van der Waals surface area (Å²) in [6, 6.07) is 0. The van der Waals surface area contributed by atoms with E-state index in [2.05, 4.69) is 4.74 Å². The molecule has 5 heteroatoms. The third kappa shape index (κ3) is 1.23. The van der Waals surface area contributed by atoms with Crippen LogP contribution in [-0.4, -0.2) is 41.1 Å². The van der Waals surface area contributed by atoms with Crippen LogP contribution in [0.1, 0.15) is 6.92 Å². The fourth-order valence-corrected chi connectivity index (χ4v) is 1.06. The summed E-state index contributed by atoms with van der Waals surface area (Å²) in [6.07, 6.45) is -4.36. The Morgan fingerprint density at radius 2 is 2.09 bits per heavy atom. The van der Waals surface area contributed by atoms with Crippen molar-refractivity contribution < 1.29 is 23.7 Å². The number of hydrogen-bond acceptors (Lipinski definition) is 3. The average Bonchev–Trinajstić information content (AvgIpc) is 2.14. The van der Waals surface area contributed by atoms with Crippen LogP contribution in [0.3, 0.4) is 0 Å². The largest absolute Gasteiger partial charge is 0.394 e. The number of hydrogen-bond donors (Lipinski definition) is 2. The zero-order valence-electron chi connectivity index (χ0n) is 6.00. The van der Waals surface area contributed by atoms with Crippen molar-refractivity contribution in [3.63, 3.8) is 0 Å². The van der Waals surface area contributed by atoms with E-state index in [1.54, 1.807) is 0 Å². The van der Waals surface area contributed by atoms with E-state index in [0.717, 1.165) is 0 Å². The molecule has 1 heterocycles. The number of aliphatic hydroxyl groups is 2. The van der Waals surface area contributed by atoms with Crippen molar-refractivity contribution >= 4 is 0 Å². The highest BCUT2D eigenvalue weighted by atomic mass is 19.3. The fourth-order valence-electron chi connectivity index (χ4n) is 1.06. The Bertz CT molecular complexity index is 151. The van der Waals surface area contributed by atoms with E-state index < -0.39 is 30.8 Å². The summed E-state index contributed by atoms with van der Waals surface area (Å²) in [4.78, 5) is 0. The Morgan fingerprint density at radius 3 is 2.27 bits per heavy atom. The molecule has 2 N–H and O–H groups in total. The number of halogens is 2. The lowest BCUT2D eigenvalue weighted by Crippen LogP contribution is -2.39. The first-order valence-electron chi connectivity index (χ1n) is 3.32. The van der Waals surface area contributed by atoms with E-state index in [1.165, 1.54) is 6.92 Å². The van der Waals surface area contributed by atoms with Crippen LogP contribution in [0.4, 0.5) is 8.78 Å². The Balaban J connectivity index is 2.71. The monoisotopic (exact) mass is 168 g/mol. The van der Waals surface area contributed by atoms with Crippen LogP contribution in [0.25, 0.3) is 0 Å². The molecule has 0 aromatic heterocycles. The highest BCUT2D eigenvalue weighted by Crippen LogP contribution is 2.35. The van der Waals surface area contributed by atoms with Gasteiger partial charge >= 0.3 is 5.92 Å². The molecule has 0 aromatic rings. The second-order valence-corrected chi connectivity index (χ2v) is 2.62. The summed E-state index contributed by atoms with van der Waals surface area (Å²) >= 11 is 0. The molecule has 0 saturated carbocycles. The molecule has 3 unspecified atom stereocenters. The van der Waals surface area contributed by atoms with Crippen molar-refractivity contribution in [2.45, 2.75) is 31.2 Å². The second kappa shape index (κ2) is 2.66. The van der Waals surface area contributed by atoms with Gasteiger partial charge in [-0.3, -0.25) is 0 Å². The summed E-state index contributed by atoms with van der Waals surface area (Å²) in [5.41, 5.74) is 0. The summed E-state index contributed by atoms with van der Waals surface area (Å²) in [6.45, 7) is 0.583. The Labute approximate surface area is 62.6 Å². The number of aliphatic hydroxyl groups excluding tert-OH is 2. The van der Waals surface area contributed by atoms with Crippen molar-refractivity contribution in [2.75, 3.05) is 6.61 Å². The molecule has 1 saturated heterocycles. The molecule has 0 aromatic carbocycles. The minimum absolute atomic E-state index is 0.582. The van der Waals surface area contributed by atoms with E-state index in [-0.39, 0.29) is 0 Å². The van der Waals surface area contributed by atoms with Gasteiger partial charge in [0.15, 0.2) is 0 Å². The van der Waals surface area contributed by atoms with Crippen molar-refractivity contribution in [3.8, 4) is 0 Å². The molecular formula is C6H10F2O3. The molecule has 1 aliphatic heterocycles. The van der Waals surface area contributed by atoms with Crippen LogP contribution in [0, 0.1) is 0 Å². The zero-order chi connectivity index (χ0) is 8.65. The van der Waals surface area contributed by atoms with Gasteiger partial charge in [-0.1, -0.05) is 0 Å². The summed E-state index contributed by atoms with van der Waals surface area (Å²) in [5.74, 6) is -3.24. The van der Waals surface area contributed by atoms with Crippen LogP contribution in [0.15, 0.2) is 0 Å². The zero-order valence-corrected chi connectivity index (χ0v) is 6.00. The highest BCUT2D eigenvalue weighted by Gasteiger charge is 2.55. The van der Waals surface area contributed by atoms with Crippen LogP contribution >= 0.6 is 0 Å². The van der Waals surface area contributed by atoms with Gasteiger partial charge in [-0.2, -0.15) is 0 Å². The summed E-state index contributed by atoms with van der Waals surface area (Å²) in [7, 11) is 0. The maximum absolute atomic E-state index is 12.7. The number of alkyl halides is 2. The lowest BCUT2D eigenvalue weighted by molar-refractivity contribution is -0.106. The predicted octanol–water partition coefficient (Wildman–Crippen LogP) is -0.238. The number of ether oxygens (including phenoxy) is 1. The SMILES string of the molecule is CC1OC(CO)C(O)C1(F)F. The molecule has 0 aliphatic carbocycles. The van der Waals surface area contributed by atoms with E-state index in [4.69, 9.17) is 10.2 Å². The van der Waals surface area contributed by atoms with Crippen molar-refractivity contribution in [3.05, 3.63) is 0 Å². The third-order valence-corrected chi connectivity index (χ3v) is 1.85. The Hall–Kier alpha value is -0.260. The van der Waals surface area contributed by atoms with E-state index >= 15 is 0 Å². The van der Waals surface area contributed by atoms with Gasteiger partial charge < -0.3 is 14.9 Å². The molecule has 1 aliphatic rings. The van der Waals surface area contributed by atoms with Gasteiger partial charge in [0.25, 0.3) is 0 Å². The molecule has 0 spiro atoms. The number of rotatable bonds is 1. The predicted molar refractivity (Wildman–Crippen MR) is 32.4 cm³/mol. The van der Waals surface area contributed by atoms with Gasteiger partial charge in [0, 0.05) is 0 Å². The first-order chi connectivity index (χ1) is 5.00. The smallest absolute Gasteiger partial charge is 0.301 e. The van der Waals surface area contributed by atoms with Crippen LogP contribution in [0.5, 0.6) is 0 Å².